The van der Waals surface area contributed by atoms with E-state index in [-0.39, 0.29) is 12.4 Å². The zero-order chi connectivity index (χ0) is 24.1. The largest absolute Gasteiger partial charge is 0.486 e. The van der Waals surface area contributed by atoms with Crippen LogP contribution in [0, 0.1) is 0 Å². The number of thioether (sulfide) groups is 1. The monoisotopic (exact) mass is 488 g/mol. The number of benzene rings is 1. The number of fused-ring (bicyclic) bond motifs is 2. The molecule has 0 bridgehead atoms. The fourth-order valence-corrected chi connectivity index (χ4v) is 4.48. The number of carbonyl (C=O) groups excluding carboxylic acids is 1. The molecule has 0 radical (unpaired) electrons. The molecule has 0 aliphatic carbocycles. The predicted octanol–water partition coefficient (Wildman–Crippen LogP) is 2.70. The number of nitrogens with zero attached hydrogens (tertiary/aromatic N) is 3. The lowest BCUT2D eigenvalue weighted by molar-refractivity contribution is -0.142. The molecular weight excluding hydrogens is 460 g/mol. The van der Waals surface area contributed by atoms with E-state index in [0.29, 0.717) is 54.8 Å². The molecule has 182 valence electrons. The number of ether oxygens (including phenoxy) is 3. The third kappa shape index (κ3) is 5.14. The van der Waals surface area contributed by atoms with Crippen molar-refractivity contribution in [3.63, 3.8) is 0 Å². The van der Waals surface area contributed by atoms with Gasteiger partial charge in [0.2, 0.25) is 0 Å². The minimum Gasteiger partial charge on any atom is -0.486 e. The molecule has 11 heteroatoms. The first kappa shape index (κ1) is 23.9. The highest BCUT2D eigenvalue weighted by atomic mass is 32.2. The number of aromatic amines is 1. The number of carbonyl (C=O) groups is 1. The van der Waals surface area contributed by atoms with Crippen molar-refractivity contribution in [3.05, 3.63) is 44.9 Å². The number of hydrogen-bond acceptors (Lipinski definition) is 8. The van der Waals surface area contributed by atoms with Gasteiger partial charge < -0.3 is 18.8 Å². The van der Waals surface area contributed by atoms with Crippen LogP contribution in [0.5, 0.6) is 11.5 Å². The van der Waals surface area contributed by atoms with Crippen LogP contribution < -0.4 is 20.7 Å². The SMILES string of the molecule is CCCCn1c(=O)[nH]c(=O)c2c1nc(COC(=O)CSc1ccc3c(c1)OCCO3)n2CCC. The summed E-state index contributed by atoms with van der Waals surface area (Å²) in [5.74, 6) is 1.50. The Bertz CT molecular complexity index is 1300. The highest BCUT2D eigenvalue weighted by Gasteiger charge is 2.19. The second-order valence-corrected chi connectivity index (χ2v) is 8.92. The molecule has 10 nitrogen and oxygen atoms in total. The lowest BCUT2D eigenvalue weighted by Gasteiger charge is -2.18. The van der Waals surface area contributed by atoms with Gasteiger partial charge in [-0.15, -0.1) is 11.8 Å². The lowest BCUT2D eigenvalue weighted by Crippen LogP contribution is -2.31. The number of H-pyrrole nitrogens is 1. The van der Waals surface area contributed by atoms with Crippen molar-refractivity contribution in [2.75, 3.05) is 19.0 Å². The number of aryl methyl sites for hydroxylation is 2. The topological polar surface area (TPSA) is 117 Å². The number of rotatable bonds is 10. The molecule has 3 heterocycles. The molecular formula is C23H28N4O6S. The molecule has 1 aliphatic rings. The quantitative estimate of drug-likeness (QED) is 0.342. The molecule has 0 saturated heterocycles. The second-order valence-electron chi connectivity index (χ2n) is 7.87. The average molecular weight is 489 g/mol. The van der Waals surface area contributed by atoms with E-state index >= 15 is 0 Å². The van der Waals surface area contributed by atoms with Crippen LogP contribution >= 0.6 is 11.8 Å². The van der Waals surface area contributed by atoms with E-state index in [1.54, 1.807) is 4.57 Å². The molecule has 1 N–H and O–H groups in total. The van der Waals surface area contributed by atoms with Gasteiger partial charge >= 0.3 is 11.7 Å². The normalized spacial score (nSPS) is 12.8. The summed E-state index contributed by atoms with van der Waals surface area (Å²) < 4.78 is 19.8. The summed E-state index contributed by atoms with van der Waals surface area (Å²) in [4.78, 5) is 45.2. The van der Waals surface area contributed by atoms with E-state index in [1.165, 1.54) is 16.3 Å². The molecule has 0 fully saturated rings. The molecule has 0 amide bonds. The molecule has 0 unspecified atom stereocenters. The maximum atomic E-state index is 12.6. The summed E-state index contributed by atoms with van der Waals surface area (Å²) in [6, 6.07) is 5.54. The highest BCUT2D eigenvalue weighted by molar-refractivity contribution is 8.00. The third-order valence-corrected chi connectivity index (χ3v) is 6.35. The number of aromatic nitrogens is 4. The summed E-state index contributed by atoms with van der Waals surface area (Å²) in [6.45, 7) is 5.91. The van der Waals surface area contributed by atoms with Gasteiger partial charge in [0.1, 0.15) is 25.6 Å². The summed E-state index contributed by atoms with van der Waals surface area (Å²) in [6.07, 6.45) is 2.43. The van der Waals surface area contributed by atoms with Crippen molar-refractivity contribution in [3.8, 4) is 11.5 Å². The maximum absolute atomic E-state index is 12.6. The summed E-state index contributed by atoms with van der Waals surface area (Å²) >= 11 is 1.33. The average Bonchev–Trinajstić information content (AvgIpc) is 3.20. The Morgan fingerprint density at radius 2 is 1.91 bits per heavy atom. The molecule has 2 aromatic heterocycles. The van der Waals surface area contributed by atoms with Gasteiger partial charge in [0.25, 0.3) is 5.56 Å². The Balaban J connectivity index is 1.48. The highest BCUT2D eigenvalue weighted by Crippen LogP contribution is 2.34. The van der Waals surface area contributed by atoms with Crippen LogP contribution in [-0.4, -0.2) is 44.0 Å². The van der Waals surface area contributed by atoms with E-state index in [9.17, 15) is 14.4 Å². The Labute approximate surface area is 200 Å². The van der Waals surface area contributed by atoms with Crippen LogP contribution in [-0.2, 0) is 29.2 Å². The van der Waals surface area contributed by atoms with Crippen LogP contribution in [0.4, 0.5) is 0 Å². The Hall–Kier alpha value is -3.21. The molecule has 0 atom stereocenters. The van der Waals surface area contributed by atoms with Gasteiger partial charge in [0, 0.05) is 18.0 Å². The molecule has 0 spiro atoms. The van der Waals surface area contributed by atoms with Crippen molar-refractivity contribution in [1.29, 1.82) is 0 Å². The minimum atomic E-state index is -0.486. The van der Waals surface area contributed by atoms with Crippen LogP contribution in [0.25, 0.3) is 11.2 Å². The van der Waals surface area contributed by atoms with Crippen LogP contribution in [0.3, 0.4) is 0 Å². The van der Waals surface area contributed by atoms with Crippen molar-refractivity contribution >= 4 is 28.9 Å². The lowest BCUT2D eigenvalue weighted by atomic mass is 10.3. The zero-order valence-corrected chi connectivity index (χ0v) is 20.1. The van der Waals surface area contributed by atoms with Crippen LogP contribution in [0.15, 0.2) is 32.7 Å². The van der Waals surface area contributed by atoms with Gasteiger partial charge in [-0.1, -0.05) is 20.3 Å². The van der Waals surface area contributed by atoms with Gasteiger partial charge in [-0.05, 0) is 31.0 Å². The van der Waals surface area contributed by atoms with Crippen molar-refractivity contribution in [2.45, 2.75) is 57.7 Å². The summed E-state index contributed by atoms with van der Waals surface area (Å²) in [5, 5.41) is 0. The minimum absolute atomic E-state index is 0.0867. The molecule has 1 aliphatic heterocycles. The van der Waals surface area contributed by atoms with E-state index in [0.717, 1.165) is 24.2 Å². The van der Waals surface area contributed by atoms with Gasteiger partial charge in [0.05, 0.1) is 5.75 Å². The van der Waals surface area contributed by atoms with Crippen molar-refractivity contribution in [1.82, 2.24) is 19.1 Å². The Morgan fingerprint density at radius 1 is 1.12 bits per heavy atom. The Morgan fingerprint density at radius 3 is 2.68 bits per heavy atom. The number of imidazole rings is 1. The van der Waals surface area contributed by atoms with Crippen LogP contribution in [0.2, 0.25) is 0 Å². The molecule has 1 aromatic carbocycles. The number of hydrogen-bond donors (Lipinski definition) is 1. The maximum Gasteiger partial charge on any atom is 0.330 e. The first-order valence-corrected chi connectivity index (χ1v) is 12.4. The smallest absolute Gasteiger partial charge is 0.330 e. The van der Waals surface area contributed by atoms with Crippen molar-refractivity contribution < 1.29 is 19.0 Å². The Kier molecular flexibility index (Phi) is 7.61. The van der Waals surface area contributed by atoms with Gasteiger partial charge in [-0.2, -0.15) is 0 Å². The number of esters is 1. The van der Waals surface area contributed by atoms with E-state index in [4.69, 9.17) is 14.2 Å². The molecule has 34 heavy (non-hydrogen) atoms. The van der Waals surface area contributed by atoms with Crippen LogP contribution in [0.1, 0.15) is 38.9 Å². The standard InChI is InChI=1S/C23H28N4O6S/c1-3-5-9-27-21-20(22(29)25-23(27)30)26(8-4-2)18(24-21)13-33-19(28)14-34-15-6-7-16-17(12-15)32-11-10-31-16/h6-7,12H,3-5,8-11,13-14H2,1-2H3,(H,25,29,30). The predicted molar refractivity (Wildman–Crippen MR) is 128 cm³/mol. The van der Waals surface area contributed by atoms with E-state index < -0.39 is 17.2 Å². The van der Waals surface area contributed by atoms with E-state index in [2.05, 4.69) is 9.97 Å². The fourth-order valence-electron chi connectivity index (χ4n) is 3.76. The third-order valence-electron chi connectivity index (χ3n) is 5.38. The molecule has 0 saturated carbocycles. The summed E-state index contributed by atoms with van der Waals surface area (Å²) in [5.41, 5.74) is -0.312. The van der Waals surface area contributed by atoms with Gasteiger partial charge in [-0.3, -0.25) is 19.1 Å². The second kappa shape index (κ2) is 10.8. The summed E-state index contributed by atoms with van der Waals surface area (Å²) in [7, 11) is 0. The number of unbranched alkanes of at least 4 members (excludes halogenated alkanes) is 1. The van der Waals surface area contributed by atoms with E-state index in [1.807, 2.05) is 32.0 Å². The van der Waals surface area contributed by atoms with Gasteiger partial charge in [0.15, 0.2) is 22.7 Å². The number of nitrogens with one attached hydrogen (secondary N) is 1. The van der Waals surface area contributed by atoms with Gasteiger partial charge in [-0.25, -0.2) is 9.78 Å². The zero-order valence-electron chi connectivity index (χ0n) is 19.3. The first-order valence-electron chi connectivity index (χ1n) is 11.4. The van der Waals surface area contributed by atoms with Crippen molar-refractivity contribution in [2.24, 2.45) is 0 Å². The molecule has 3 aromatic rings. The molecule has 4 rings (SSSR count). The fraction of sp³-hybridized carbons (Fsp3) is 0.478. The first-order chi connectivity index (χ1) is 16.5.